The molecule has 0 saturated heterocycles. The van der Waals surface area contributed by atoms with Gasteiger partial charge in [0.2, 0.25) is 5.78 Å². The first-order valence-corrected chi connectivity index (χ1v) is 17.8. The Morgan fingerprint density at radius 1 is 1.06 bits per heavy atom. The van der Waals surface area contributed by atoms with E-state index in [9.17, 15) is 19.8 Å². The van der Waals surface area contributed by atoms with Crippen molar-refractivity contribution >= 4 is 28.8 Å². The number of fused-ring (bicyclic) bond motifs is 8. The molecule has 3 aliphatic carbocycles. The molecule has 3 N–H and O–H groups in total. The first-order valence-electron chi connectivity index (χ1n) is 17.0. The van der Waals surface area contributed by atoms with Crippen molar-refractivity contribution in [1.29, 1.82) is 0 Å². The summed E-state index contributed by atoms with van der Waals surface area (Å²) >= 11 is 1.49. The number of allylic oxidation sites excluding steroid dienone is 2. The fraction of sp³-hybridized carbons (Fsp3) is 0.487. The van der Waals surface area contributed by atoms with Gasteiger partial charge in [-0.2, -0.15) is 0 Å². The normalized spacial score (nSPS) is 24.6. The lowest BCUT2D eigenvalue weighted by Crippen LogP contribution is -2.54. The van der Waals surface area contributed by atoms with Gasteiger partial charge < -0.3 is 25.2 Å². The van der Waals surface area contributed by atoms with Crippen LogP contribution in [-0.2, 0) is 6.42 Å². The third kappa shape index (κ3) is 7.66. The minimum Gasteiger partial charge on any atom is -0.497 e. The highest BCUT2D eigenvalue weighted by Crippen LogP contribution is 2.59. The van der Waals surface area contributed by atoms with Crippen LogP contribution in [0.1, 0.15) is 103 Å². The molecule has 3 aromatic rings. The number of thiophene rings is 1. The van der Waals surface area contributed by atoms with Gasteiger partial charge in [-0.1, -0.05) is 37.6 Å². The highest BCUT2D eigenvalue weighted by Gasteiger charge is 2.57. The van der Waals surface area contributed by atoms with E-state index in [1.54, 1.807) is 12.0 Å². The van der Waals surface area contributed by atoms with E-state index in [1.165, 1.54) is 16.9 Å². The molecule has 2 bridgehead atoms. The molecule has 4 atom stereocenters. The summed E-state index contributed by atoms with van der Waals surface area (Å²) in [6, 6.07) is 17.0. The number of methoxy groups -OCH3 is 1. The van der Waals surface area contributed by atoms with Crippen molar-refractivity contribution in [2.75, 3.05) is 25.5 Å². The number of hydrogen-bond donors (Lipinski definition) is 3. The lowest BCUT2D eigenvalue weighted by atomic mass is 9.64. The molecule has 1 fully saturated rings. The number of aryl methyl sites for hydroxylation is 1. The van der Waals surface area contributed by atoms with E-state index >= 15 is 0 Å². The Morgan fingerprint density at radius 3 is 2.51 bits per heavy atom. The molecule has 2 amide bonds. The number of nitrogens with one attached hydrogen (secondary N) is 1. The lowest BCUT2D eigenvalue weighted by Gasteiger charge is -2.46. The van der Waals surface area contributed by atoms with Crippen LogP contribution in [0.2, 0.25) is 0 Å². The molecule has 1 aromatic heterocycles. The Bertz CT molecular complexity index is 1600. The zero-order chi connectivity index (χ0) is 33.8. The number of anilines is 1. The van der Waals surface area contributed by atoms with Crippen LogP contribution >= 0.6 is 11.3 Å². The first kappa shape index (κ1) is 34.9. The van der Waals surface area contributed by atoms with Crippen LogP contribution in [-0.4, -0.2) is 58.8 Å². The number of ketones is 1. The number of hydrogen-bond acceptors (Lipinski definition) is 6. The van der Waals surface area contributed by atoms with Crippen LogP contribution in [0.3, 0.4) is 0 Å². The van der Waals surface area contributed by atoms with Gasteiger partial charge in [-0.15, -0.1) is 11.3 Å². The molecule has 1 heterocycles. The van der Waals surface area contributed by atoms with E-state index < -0.39 is 17.1 Å². The van der Waals surface area contributed by atoms with Gasteiger partial charge in [0, 0.05) is 28.1 Å². The van der Waals surface area contributed by atoms with Crippen LogP contribution in [0.5, 0.6) is 5.75 Å². The largest absolute Gasteiger partial charge is 0.497 e. The van der Waals surface area contributed by atoms with Crippen molar-refractivity contribution in [3.05, 3.63) is 92.7 Å². The highest BCUT2D eigenvalue weighted by molar-refractivity contribution is 7.14. The average Bonchev–Trinajstić information content (AvgIpc) is 3.59. The number of benzene rings is 2. The molecular formula is C39H50N2O5S. The summed E-state index contributed by atoms with van der Waals surface area (Å²) in [6.07, 6.45) is 7.09. The van der Waals surface area contributed by atoms with Crippen LogP contribution in [0, 0.1) is 12.3 Å². The quantitative estimate of drug-likeness (QED) is 0.167. The van der Waals surface area contributed by atoms with Crippen molar-refractivity contribution < 1.29 is 24.5 Å². The van der Waals surface area contributed by atoms with Gasteiger partial charge in [0.15, 0.2) is 0 Å². The third-order valence-corrected chi connectivity index (χ3v) is 11.5. The van der Waals surface area contributed by atoms with Crippen LogP contribution in [0.4, 0.5) is 10.5 Å². The Morgan fingerprint density at radius 2 is 1.83 bits per heavy atom. The SMILES string of the molecule is CCCN(C[C@]1(O)CC[C@H]2c3ccc(cc3C(=O)c3ccc(C)s3)C[C@@H](O)CCC(C)=CCC[C@@]21C)C(=O)Nc1ccc(OC)cc1. The fourth-order valence-corrected chi connectivity index (χ4v) is 8.42. The maximum Gasteiger partial charge on any atom is 0.321 e. The average molecular weight is 659 g/mol. The van der Waals surface area contributed by atoms with E-state index in [0.29, 0.717) is 60.5 Å². The van der Waals surface area contributed by atoms with E-state index in [0.717, 1.165) is 35.3 Å². The molecule has 7 nitrogen and oxygen atoms in total. The second-order valence-electron chi connectivity index (χ2n) is 13.8. The molecule has 0 spiro atoms. The number of carbonyl (C=O) groups excluding carboxylic acids is 2. The molecule has 3 aliphatic rings. The maximum atomic E-state index is 14.2. The van der Waals surface area contributed by atoms with Gasteiger partial charge >= 0.3 is 6.03 Å². The zero-order valence-electron chi connectivity index (χ0n) is 28.5. The summed E-state index contributed by atoms with van der Waals surface area (Å²) < 4.78 is 5.26. The standard InChI is InChI=1S/C39H50N2O5S/c1-6-22-41(37(44)40-29-12-15-31(46-5)16-13-29)25-39(45)21-19-34-32-17-11-28(24-33(32)36(43)35-18-10-27(3)47-35)23-30(42)14-9-26(2)8-7-20-38(34,39)4/h8,10-13,15-18,24,30,34,42,45H,6-7,9,14,19-23,25H2,1-5H3,(H,40,44)/t30-,34-,38-,39+/m0/s1. The lowest BCUT2D eigenvalue weighted by molar-refractivity contribution is -0.0763. The molecule has 1 saturated carbocycles. The van der Waals surface area contributed by atoms with Crippen LogP contribution < -0.4 is 10.1 Å². The topological polar surface area (TPSA) is 99.1 Å². The monoisotopic (exact) mass is 658 g/mol. The minimum atomic E-state index is -1.18. The van der Waals surface area contributed by atoms with Crippen molar-refractivity contribution in [2.24, 2.45) is 5.41 Å². The van der Waals surface area contributed by atoms with E-state index in [-0.39, 0.29) is 24.3 Å². The molecule has 8 heteroatoms. The smallest absolute Gasteiger partial charge is 0.321 e. The number of nitrogens with zero attached hydrogens (tertiary/aromatic N) is 1. The number of ether oxygens (including phenoxy) is 1. The van der Waals surface area contributed by atoms with Gasteiger partial charge in [0.25, 0.3) is 0 Å². The van der Waals surface area contributed by atoms with Crippen molar-refractivity contribution in [3.63, 3.8) is 0 Å². The predicted octanol–water partition coefficient (Wildman–Crippen LogP) is 8.28. The van der Waals surface area contributed by atoms with Crippen LogP contribution in [0.15, 0.2) is 66.2 Å². The summed E-state index contributed by atoms with van der Waals surface area (Å²) in [6.45, 7) is 9.00. The van der Waals surface area contributed by atoms with E-state index in [1.807, 2.05) is 62.4 Å². The molecule has 47 heavy (non-hydrogen) atoms. The highest BCUT2D eigenvalue weighted by atomic mass is 32.1. The molecule has 2 aromatic carbocycles. The Balaban J connectivity index is 1.53. The number of urea groups is 1. The molecule has 252 valence electrons. The van der Waals surface area contributed by atoms with Gasteiger partial charge in [-0.25, -0.2) is 4.79 Å². The third-order valence-electron chi connectivity index (χ3n) is 10.5. The van der Waals surface area contributed by atoms with E-state index in [4.69, 9.17) is 4.74 Å². The van der Waals surface area contributed by atoms with E-state index in [2.05, 4.69) is 31.3 Å². The molecule has 6 rings (SSSR count). The summed E-state index contributed by atoms with van der Waals surface area (Å²) in [4.78, 5) is 31.4. The fourth-order valence-electron chi connectivity index (χ4n) is 7.60. The second-order valence-corrected chi connectivity index (χ2v) is 15.1. The number of amides is 2. The Hall–Kier alpha value is -3.46. The number of carbonyl (C=O) groups is 2. The predicted molar refractivity (Wildman–Crippen MR) is 190 cm³/mol. The van der Waals surface area contributed by atoms with Gasteiger partial charge in [-0.05, 0) is 125 Å². The summed E-state index contributed by atoms with van der Waals surface area (Å²) in [5, 5.41) is 26.7. The van der Waals surface area contributed by atoms with Crippen molar-refractivity contribution in [1.82, 2.24) is 4.90 Å². The molecule has 0 unspecified atom stereocenters. The summed E-state index contributed by atoms with van der Waals surface area (Å²) in [5.74, 6) is 0.597. The molecular weight excluding hydrogens is 609 g/mol. The van der Waals surface area contributed by atoms with Crippen molar-refractivity contribution in [2.45, 2.75) is 96.7 Å². The van der Waals surface area contributed by atoms with Crippen LogP contribution in [0.25, 0.3) is 0 Å². The maximum absolute atomic E-state index is 14.2. The Kier molecular flexibility index (Phi) is 10.9. The zero-order valence-corrected chi connectivity index (χ0v) is 29.3. The number of aliphatic hydroxyl groups is 2. The summed E-state index contributed by atoms with van der Waals surface area (Å²) in [5.41, 5.74) is 2.63. The van der Waals surface area contributed by atoms with Crippen molar-refractivity contribution in [3.8, 4) is 5.75 Å². The van der Waals surface area contributed by atoms with Gasteiger partial charge in [0.1, 0.15) is 5.75 Å². The second kappa shape index (κ2) is 14.8. The molecule has 0 aliphatic heterocycles. The Labute approximate surface area is 283 Å². The molecule has 0 radical (unpaired) electrons. The van der Waals surface area contributed by atoms with Gasteiger partial charge in [-0.3, -0.25) is 4.79 Å². The van der Waals surface area contributed by atoms with Gasteiger partial charge in [0.05, 0.1) is 30.2 Å². The number of aliphatic hydroxyl groups excluding tert-OH is 1. The minimum absolute atomic E-state index is 0.0125. The first-order chi connectivity index (χ1) is 22.5. The number of rotatable bonds is 8. The summed E-state index contributed by atoms with van der Waals surface area (Å²) in [7, 11) is 1.61.